The predicted octanol–water partition coefficient (Wildman–Crippen LogP) is 2.25. The molecule has 0 bridgehead atoms. The van der Waals surface area contributed by atoms with E-state index in [0.717, 1.165) is 35.8 Å². The van der Waals surface area contributed by atoms with E-state index in [0.29, 0.717) is 16.1 Å². The molecule has 152 valence electrons. The Balaban J connectivity index is 1.56. The summed E-state index contributed by atoms with van der Waals surface area (Å²) in [5, 5.41) is 12.6. The Labute approximate surface area is 170 Å². The highest BCUT2D eigenvalue weighted by molar-refractivity contribution is 7.17. The minimum Gasteiger partial charge on any atom is -0.504 e. The average Bonchev–Trinajstić information content (AvgIpc) is 3.26. The summed E-state index contributed by atoms with van der Waals surface area (Å²) in [4.78, 5) is 36.7. The molecule has 1 aromatic carbocycles. The Morgan fingerprint density at radius 1 is 1.31 bits per heavy atom. The van der Waals surface area contributed by atoms with Gasteiger partial charge in [-0.2, -0.15) is 0 Å². The summed E-state index contributed by atoms with van der Waals surface area (Å²) >= 11 is 1.33. The van der Waals surface area contributed by atoms with Gasteiger partial charge >= 0.3 is 5.97 Å². The number of aryl methyl sites for hydroxylation is 1. The molecule has 4 N–H and O–H groups in total. The van der Waals surface area contributed by atoms with Crippen LogP contribution in [0.4, 0.5) is 5.00 Å². The number of phenolic OH excluding ortho intramolecular Hbond substituents is 1. The number of methoxy groups -OCH3 is 1. The molecule has 3 rings (SSSR count). The molecule has 2 aromatic rings. The first-order valence-electron chi connectivity index (χ1n) is 8.85. The van der Waals surface area contributed by atoms with Crippen molar-refractivity contribution < 1.29 is 29.0 Å². The summed E-state index contributed by atoms with van der Waals surface area (Å²) in [6.07, 6.45) is 5.22. The van der Waals surface area contributed by atoms with Gasteiger partial charge in [0.1, 0.15) is 5.00 Å². The first-order chi connectivity index (χ1) is 13.9. The highest BCUT2D eigenvalue weighted by Gasteiger charge is 2.26. The van der Waals surface area contributed by atoms with Gasteiger partial charge in [0.25, 0.3) is 11.8 Å². The highest BCUT2D eigenvalue weighted by Crippen LogP contribution is 2.38. The summed E-state index contributed by atoms with van der Waals surface area (Å²) < 4.78 is 9.92. The number of hydrogen-bond donors (Lipinski definition) is 3. The lowest BCUT2D eigenvalue weighted by Gasteiger charge is -2.06. The molecule has 1 aliphatic carbocycles. The number of aromatic hydroxyl groups is 1. The zero-order chi connectivity index (χ0) is 21.0. The van der Waals surface area contributed by atoms with Gasteiger partial charge in [-0.1, -0.05) is 6.07 Å². The number of hydrogen-bond acceptors (Lipinski definition) is 7. The number of ether oxygens (including phenoxy) is 2. The predicted molar refractivity (Wildman–Crippen MR) is 108 cm³/mol. The minimum absolute atomic E-state index is 0.0150. The number of esters is 1. The second kappa shape index (κ2) is 8.78. The fraction of sp³-hybridized carbons (Fsp3) is 0.250. The number of thiophene rings is 1. The maximum absolute atomic E-state index is 12.1. The molecule has 2 amide bonds. The molecule has 29 heavy (non-hydrogen) atoms. The smallest absolute Gasteiger partial charge is 0.331 e. The van der Waals surface area contributed by atoms with Crippen LogP contribution in [0, 0.1) is 0 Å². The molecule has 0 saturated heterocycles. The molecule has 0 spiro atoms. The Bertz CT molecular complexity index is 995. The van der Waals surface area contributed by atoms with Gasteiger partial charge in [-0.05, 0) is 48.6 Å². The summed E-state index contributed by atoms with van der Waals surface area (Å²) in [6.45, 7) is -0.497. The van der Waals surface area contributed by atoms with E-state index in [4.69, 9.17) is 15.2 Å². The fourth-order valence-electron chi connectivity index (χ4n) is 3.06. The summed E-state index contributed by atoms with van der Waals surface area (Å²) in [6, 6.07) is 4.58. The lowest BCUT2D eigenvalue weighted by atomic mass is 10.1. The third-order valence-corrected chi connectivity index (χ3v) is 5.59. The van der Waals surface area contributed by atoms with Crippen molar-refractivity contribution in [1.82, 2.24) is 0 Å². The van der Waals surface area contributed by atoms with E-state index >= 15 is 0 Å². The van der Waals surface area contributed by atoms with Gasteiger partial charge in [-0.15, -0.1) is 11.3 Å². The van der Waals surface area contributed by atoms with Gasteiger partial charge in [0.05, 0.1) is 12.7 Å². The van der Waals surface area contributed by atoms with Crippen LogP contribution in [0.2, 0.25) is 0 Å². The van der Waals surface area contributed by atoms with E-state index in [9.17, 15) is 19.5 Å². The number of fused-ring (bicyclic) bond motifs is 1. The van der Waals surface area contributed by atoms with E-state index in [1.807, 2.05) is 0 Å². The van der Waals surface area contributed by atoms with Crippen molar-refractivity contribution in [2.75, 3.05) is 19.0 Å². The molecule has 1 aromatic heterocycles. The molecule has 0 fully saturated rings. The fourth-order valence-corrected chi connectivity index (χ4v) is 4.37. The first kappa shape index (κ1) is 20.4. The maximum Gasteiger partial charge on any atom is 0.331 e. The van der Waals surface area contributed by atoms with Crippen molar-refractivity contribution in [3.8, 4) is 11.5 Å². The van der Waals surface area contributed by atoms with Crippen molar-refractivity contribution in [2.24, 2.45) is 5.73 Å². The second-order valence-corrected chi connectivity index (χ2v) is 7.45. The van der Waals surface area contributed by atoms with Crippen molar-refractivity contribution in [2.45, 2.75) is 19.3 Å². The van der Waals surface area contributed by atoms with Crippen LogP contribution in [0.3, 0.4) is 0 Å². The van der Waals surface area contributed by atoms with Crippen LogP contribution in [0.15, 0.2) is 24.3 Å². The number of phenols is 1. The van der Waals surface area contributed by atoms with Crippen LogP contribution >= 0.6 is 11.3 Å². The Kier molecular flexibility index (Phi) is 6.18. The topological polar surface area (TPSA) is 128 Å². The number of nitrogens with one attached hydrogen (secondary N) is 1. The lowest BCUT2D eigenvalue weighted by molar-refractivity contribution is -0.142. The normalized spacial score (nSPS) is 12.6. The molecule has 0 unspecified atom stereocenters. The molecule has 1 heterocycles. The van der Waals surface area contributed by atoms with Crippen LogP contribution in [-0.4, -0.2) is 36.6 Å². The van der Waals surface area contributed by atoms with Crippen LogP contribution in [0.25, 0.3) is 6.08 Å². The van der Waals surface area contributed by atoms with Gasteiger partial charge in [-0.3, -0.25) is 9.59 Å². The molecule has 1 aliphatic rings. The number of benzene rings is 1. The van der Waals surface area contributed by atoms with Crippen molar-refractivity contribution in [3.05, 3.63) is 45.8 Å². The number of primary amides is 1. The lowest BCUT2D eigenvalue weighted by Crippen LogP contribution is -2.22. The van der Waals surface area contributed by atoms with Gasteiger partial charge in [0, 0.05) is 11.0 Å². The number of rotatable bonds is 7. The van der Waals surface area contributed by atoms with Crippen molar-refractivity contribution in [3.63, 3.8) is 0 Å². The molecule has 0 aliphatic heterocycles. The Hall–Kier alpha value is -3.33. The Morgan fingerprint density at radius 2 is 2.10 bits per heavy atom. The zero-order valence-corrected chi connectivity index (χ0v) is 16.5. The van der Waals surface area contributed by atoms with Gasteiger partial charge in [0.2, 0.25) is 0 Å². The number of nitrogens with two attached hydrogens (primary N) is 1. The van der Waals surface area contributed by atoms with E-state index in [2.05, 4.69) is 5.32 Å². The van der Waals surface area contributed by atoms with E-state index in [-0.39, 0.29) is 11.5 Å². The largest absolute Gasteiger partial charge is 0.504 e. The molecule has 0 atom stereocenters. The maximum atomic E-state index is 12.1. The van der Waals surface area contributed by atoms with Gasteiger partial charge in [-0.25, -0.2) is 4.79 Å². The monoisotopic (exact) mass is 416 g/mol. The molecular weight excluding hydrogens is 396 g/mol. The Morgan fingerprint density at radius 3 is 2.83 bits per heavy atom. The summed E-state index contributed by atoms with van der Waals surface area (Å²) in [5.41, 5.74) is 7.32. The van der Waals surface area contributed by atoms with Crippen LogP contribution in [0.5, 0.6) is 11.5 Å². The van der Waals surface area contributed by atoms with Crippen LogP contribution < -0.4 is 15.8 Å². The van der Waals surface area contributed by atoms with Crippen LogP contribution in [-0.2, 0) is 27.2 Å². The standard InChI is InChI=1S/C20H20N2O6S/c1-27-14-9-11(5-7-13(14)23)6-8-17(25)28-10-16(24)22-20-18(19(21)26)12-3-2-4-15(12)29-20/h5-9,23H,2-4,10H2,1H3,(H2,21,26)(H,22,24). The van der Waals surface area contributed by atoms with E-state index in [1.54, 1.807) is 12.1 Å². The molecular formula is C20H20N2O6S. The zero-order valence-electron chi connectivity index (χ0n) is 15.7. The SMILES string of the molecule is COc1cc(C=CC(=O)OCC(=O)Nc2sc3c(c2C(N)=O)CCC3)ccc1O. The third kappa shape index (κ3) is 4.75. The third-order valence-electron chi connectivity index (χ3n) is 4.38. The highest BCUT2D eigenvalue weighted by atomic mass is 32.1. The number of carbonyl (C=O) groups is 3. The molecule has 0 radical (unpaired) electrons. The molecule has 0 saturated carbocycles. The van der Waals surface area contributed by atoms with Crippen molar-refractivity contribution >= 4 is 40.2 Å². The minimum atomic E-state index is -0.712. The average molecular weight is 416 g/mol. The quantitative estimate of drug-likeness (QED) is 0.469. The molecule has 9 heteroatoms. The van der Waals surface area contributed by atoms with Gasteiger partial charge < -0.3 is 25.6 Å². The molecule has 8 nitrogen and oxygen atoms in total. The number of anilines is 1. The number of amides is 2. The number of carbonyl (C=O) groups excluding carboxylic acids is 3. The van der Waals surface area contributed by atoms with Gasteiger partial charge in [0.15, 0.2) is 18.1 Å². The van der Waals surface area contributed by atoms with Crippen LogP contribution in [0.1, 0.15) is 32.8 Å². The first-order valence-corrected chi connectivity index (χ1v) is 9.66. The van der Waals surface area contributed by atoms with E-state index < -0.39 is 24.4 Å². The summed E-state index contributed by atoms with van der Waals surface area (Å²) in [5.74, 6) is -1.59. The summed E-state index contributed by atoms with van der Waals surface area (Å²) in [7, 11) is 1.42. The van der Waals surface area contributed by atoms with E-state index in [1.165, 1.54) is 30.6 Å². The second-order valence-electron chi connectivity index (χ2n) is 6.35. The van der Waals surface area contributed by atoms with Crippen molar-refractivity contribution in [1.29, 1.82) is 0 Å².